The number of rotatable bonds is 3. The van der Waals surface area contributed by atoms with Gasteiger partial charge in [0.2, 0.25) is 0 Å². The zero-order valence-electron chi connectivity index (χ0n) is 8.71. The Balaban J connectivity index is 2.46. The van der Waals surface area contributed by atoms with E-state index in [1.165, 1.54) is 0 Å². The summed E-state index contributed by atoms with van der Waals surface area (Å²) in [6, 6.07) is 2.01. The van der Waals surface area contributed by atoms with Gasteiger partial charge in [-0.3, -0.25) is 4.68 Å². The van der Waals surface area contributed by atoms with Crippen molar-refractivity contribution in [3.63, 3.8) is 0 Å². The highest BCUT2D eigenvalue weighted by Gasteiger charge is 2.14. The molecule has 0 amide bonds. The summed E-state index contributed by atoms with van der Waals surface area (Å²) < 4.78 is 2.95. The SMILES string of the molecule is CNCc1c(Br)c(-c2cc[nH]c2)nn1C. The van der Waals surface area contributed by atoms with E-state index in [9.17, 15) is 0 Å². The van der Waals surface area contributed by atoms with Crippen molar-refractivity contribution >= 4 is 15.9 Å². The second kappa shape index (κ2) is 4.20. The number of aromatic amines is 1. The van der Waals surface area contributed by atoms with Crippen LogP contribution in [0, 0.1) is 0 Å². The summed E-state index contributed by atoms with van der Waals surface area (Å²) in [5, 5.41) is 7.61. The van der Waals surface area contributed by atoms with Crippen LogP contribution in [0.3, 0.4) is 0 Å². The molecule has 0 atom stereocenters. The topological polar surface area (TPSA) is 45.6 Å². The molecule has 0 aliphatic heterocycles. The van der Waals surface area contributed by atoms with Crippen molar-refractivity contribution in [2.24, 2.45) is 7.05 Å². The van der Waals surface area contributed by atoms with Crippen LogP contribution in [0.4, 0.5) is 0 Å². The molecule has 5 heteroatoms. The van der Waals surface area contributed by atoms with Crippen molar-refractivity contribution < 1.29 is 0 Å². The molecule has 0 aliphatic carbocycles. The zero-order valence-corrected chi connectivity index (χ0v) is 10.3. The Bertz CT molecular complexity index is 444. The maximum Gasteiger partial charge on any atom is 0.108 e. The number of hydrogen-bond acceptors (Lipinski definition) is 2. The Hall–Kier alpha value is -1.07. The van der Waals surface area contributed by atoms with E-state index in [-0.39, 0.29) is 0 Å². The Labute approximate surface area is 96.8 Å². The molecule has 0 spiro atoms. The van der Waals surface area contributed by atoms with Gasteiger partial charge in [-0.2, -0.15) is 5.10 Å². The molecular formula is C10H13BrN4. The highest BCUT2D eigenvalue weighted by atomic mass is 79.9. The Kier molecular flexibility index (Phi) is 2.93. The predicted octanol–water partition coefficient (Wildman–Crippen LogP) is 1.90. The fourth-order valence-electron chi connectivity index (χ4n) is 1.55. The molecule has 2 N–H and O–H groups in total. The number of aryl methyl sites for hydroxylation is 1. The van der Waals surface area contributed by atoms with Gasteiger partial charge in [0.05, 0.1) is 10.2 Å². The lowest BCUT2D eigenvalue weighted by molar-refractivity contribution is 0.671. The minimum Gasteiger partial charge on any atom is -0.367 e. The van der Waals surface area contributed by atoms with Crippen LogP contribution in [0.25, 0.3) is 11.3 Å². The van der Waals surface area contributed by atoms with Gasteiger partial charge in [0.1, 0.15) is 5.69 Å². The van der Waals surface area contributed by atoms with Gasteiger partial charge in [-0.1, -0.05) is 0 Å². The average Bonchev–Trinajstić information content (AvgIpc) is 2.81. The van der Waals surface area contributed by atoms with Gasteiger partial charge in [0.25, 0.3) is 0 Å². The van der Waals surface area contributed by atoms with Crippen LogP contribution in [0.5, 0.6) is 0 Å². The first kappa shape index (κ1) is 10.4. The van der Waals surface area contributed by atoms with E-state index in [0.717, 1.165) is 28.0 Å². The van der Waals surface area contributed by atoms with E-state index in [1.807, 2.05) is 37.2 Å². The monoisotopic (exact) mass is 268 g/mol. The van der Waals surface area contributed by atoms with Crippen LogP contribution in [0.15, 0.2) is 22.9 Å². The Morgan fingerprint density at radius 3 is 3.00 bits per heavy atom. The minimum absolute atomic E-state index is 0.800. The van der Waals surface area contributed by atoms with Gasteiger partial charge in [-0.05, 0) is 29.0 Å². The molecule has 0 aliphatic rings. The molecule has 2 heterocycles. The lowest BCUT2D eigenvalue weighted by Crippen LogP contribution is -2.10. The maximum atomic E-state index is 4.48. The van der Waals surface area contributed by atoms with Crippen molar-refractivity contribution in [3.05, 3.63) is 28.6 Å². The summed E-state index contributed by atoms with van der Waals surface area (Å²) in [7, 11) is 3.88. The first-order valence-electron chi connectivity index (χ1n) is 4.73. The van der Waals surface area contributed by atoms with E-state index >= 15 is 0 Å². The molecular weight excluding hydrogens is 256 g/mol. The molecule has 2 aromatic heterocycles. The smallest absolute Gasteiger partial charge is 0.108 e. The van der Waals surface area contributed by atoms with Crippen LogP contribution < -0.4 is 5.32 Å². The van der Waals surface area contributed by atoms with E-state index in [2.05, 4.69) is 31.3 Å². The third-order valence-electron chi connectivity index (χ3n) is 2.32. The minimum atomic E-state index is 0.800. The van der Waals surface area contributed by atoms with E-state index in [1.54, 1.807) is 0 Å². The summed E-state index contributed by atoms with van der Waals surface area (Å²) in [4.78, 5) is 3.03. The Morgan fingerprint density at radius 2 is 2.40 bits per heavy atom. The second-order valence-corrected chi connectivity index (χ2v) is 4.16. The van der Waals surface area contributed by atoms with Crippen molar-refractivity contribution in [2.75, 3.05) is 7.05 Å². The average molecular weight is 269 g/mol. The summed E-state index contributed by atoms with van der Waals surface area (Å²) in [6.45, 7) is 0.800. The molecule has 0 bridgehead atoms. The van der Waals surface area contributed by atoms with Gasteiger partial charge in [-0.15, -0.1) is 0 Å². The molecule has 80 valence electrons. The maximum absolute atomic E-state index is 4.48. The molecule has 0 saturated heterocycles. The van der Waals surface area contributed by atoms with E-state index in [0.29, 0.717) is 0 Å². The van der Waals surface area contributed by atoms with Gasteiger partial charge in [0.15, 0.2) is 0 Å². The standard InChI is InChI=1S/C10H13BrN4/c1-12-6-8-9(11)10(14-15(8)2)7-3-4-13-5-7/h3-5,12-13H,6H2,1-2H3. The van der Waals surface area contributed by atoms with E-state index in [4.69, 9.17) is 0 Å². The van der Waals surface area contributed by atoms with Gasteiger partial charge < -0.3 is 10.3 Å². The highest BCUT2D eigenvalue weighted by molar-refractivity contribution is 9.10. The van der Waals surface area contributed by atoms with Gasteiger partial charge in [0, 0.05) is 31.5 Å². The lowest BCUT2D eigenvalue weighted by Gasteiger charge is -2.00. The number of H-pyrrole nitrogens is 1. The lowest BCUT2D eigenvalue weighted by atomic mass is 10.2. The number of nitrogens with zero attached hydrogens (tertiary/aromatic N) is 2. The van der Waals surface area contributed by atoms with E-state index < -0.39 is 0 Å². The number of nitrogens with one attached hydrogen (secondary N) is 2. The second-order valence-electron chi connectivity index (χ2n) is 3.36. The molecule has 4 nitrogen and oxygen atoms in total. The van der Waals surface area contributed by atoms with Crippen molar-refractivity contribution in [3.8, 4) is 11.3 Å². The summed E-state index contributed by atoms with van der Waals surface area (Å²) in [5.41, 5.74) is 3.22. The van der Waals surface area contributed by atoms with Crippen LogP contribution in [-0.2, 0) is 13.6 Å². The summed E-state index contributed by atoms with van der Waals surface area (Å²) in [5.74, 6) is 0. The number of halogens is 1. The molecule has 0 saturated carbocycles. The quantitative estimate of drug-likeness (QED) is 0.893. The molecule has 0 aromatic carbocycles. The van der Waals surface area contributed by atoms with Crippen LogP contribution >= 0.6 is 15.9 Å². The third-order valence-corrected chi connectivity index (χ3v) is 3.15. The fourth-order valence-corrected chi connectivity index (χ4v) is 2.25. The number of hydrogen-bond donors (Lipinski definition) is 2. The first-order chi connectivity index (χ1) is 7.24. The fraction of sp³-hybridized carbons (Fsp3) is 0.300. The van der Waals surface area contributed by atoms with Gasteiger partial charge >= 0.3 is 0 Å². The Morgan fingerprint density at radius 1 is 1.60 bits per heavy atom. The van der Waals surface area contributed by atoms with Crippen LogP contribution in [-0.4, -0.2) is 21.8 Å². The molecule has 15 heavy (non-hydrogen) atoms. The molecule has 2 rings (SSSR count). The normalized spacial score (nSPS) is 10.9. The zero-order chi connectivity index (χ0) is 10.8. The molecule has 0 fully saturated rings. The van der Waals surface area contributed by atoms with Crippen LogP contribution in [0.1, 0.15) is 5.69 Å². The third kappa shape index (κ3) is 1.85. The highest BCUT2D eigenvalue weighted by Crippen LogP contribution is 2.29. The summed E-state index contributed by atoms with van der Waals surface area (Å²) in [6.07, 6.45) is 3.84. The number of aromatic nitrogens is 3. The summed E-state index contributed by atoms with van der Waals surface area (Å²) >= 11 is 3.59. The van der Waals surface area contributed by atoms with Gasteiger partial charge in [-0.25, -0.2) is 0 Å². The largest absolute Gasteiger partial charge is 0.367 e. The van der Waals surface area contributed by atoms with Crippen LogP contribution in [0.2, 0.25) is 0 Å². The molecule has 0 radical (unpaired) electrons. The predicted molar refractivity (Wildman–Crippen MR) is 63.5 cm³/mol. The first-order valence-corrected chi connectivity index (χ1v) is 5.52. The van der Waals surface area contributed by atoms with Crippen molar-refractivity contribution in [1.82, 2.24) is 20.1 Å². The van der Waals surface area contributed by atoms with Crippen molar-refractivity contribution in [1.29, 1.82) is 0 Å². The molecule has 2 aromatic rings. The molecule has 0 unspecified atom stereocenters. The van der Waals surface area contributed by atoms with Crippen molar-refractivity contribution in [2.45, 2.75) is 6.54 Å².